The number of piperidine rings is 2. The minimum Gasteiger partial charge on any atom is -0.462 e. The average molecular weight is 309 g/mol. The molecule has 3 rings (SSSR count). The van der Waals surface area contributed by atoms with E-state index in [0.717, 1.165) is 44.5 Å². The van der Waals surface area contributed by atoms with Gasteiger partial charge in [-0.05, 0) is 50.9 Å². The Bertz CT molecular complexity index is 547. The van der Waals surface area contributed by atoms with Gasteiger partial charge in [0, 0.05) is 18.0 Å². The molecule has 2 heterocycles. The number of carbonyl (C=O) groups excluding carboxylic acids is 1. The van der Waals surface area contributed by atoms with Crippen LogP contribution in [0.1, 0.15) is 42.5 Å². The van der Waals surface area contributed by atoms with E-state index >= 15 is 0 Å². The third-order valence-electron chi connectivity index (χ3n) is 4.81. The van der Waals surface area contributed by atoms with Crippen molar-refractivity contribution in [1.29, 1.82) is 0 Å². The summed E-state index contributed by atoms with van der Waals surface area (Å²) in [5.74, 6) is -1.95. The Morgan fingerprint density at radius 3 is 2.82 bits per heavy atom. The van der Waals surface area contributed by atoms with Gasteiger partial charge in [0.15, 0.2) is 0 Å². The Morgan fingerprint density at radius 1 is 1.18 bits per heavy atom. The monoisotopic (exact) mass is 309 g/mol. The fraction of sp³-hybridized carbons (Fsp3) is 0.588. The summed E-state index contributed by atoms with van der Waals surface area (Å²) in [5, 5.41) is 0. The maximum atomic E-state index is 13.6. The van der Waals surface area contributed by atoms with Gasteiger partial charge in [-0.25, -0.2) is 13.6 Å². The fourth-order valence-electron chi connectivity index (χ4n) is 3.69. The van der Waals surface area contributed by atoms with Crippen LogP contribution in [-0.2, 0) is 4.74 Å². The number of benzene rings is 1. The highest BCUT2D eigenvalue weighted by molar-refractivity contribution is 5.89. The first-order chi connectivity index (χ1) is 10.6. The second-order valence-electron chi connectivity index (χ2n) is 6.22. The summed E-state index contributed by atoms with van der Waals surface area (Å²) >= 11 is 0. The van der Waals surface area contributed by atoms with E-state index in [-0.39, 0.29) is 5.56 Å². The van der Waals surface area contributed by atoms with Crippen molar-refractivity contribution >= 4 is 5.97 Å². The molecule has 0 aromatic heterocycles. The molecule has 3 nitrogen and oxygen atoms in total. The molecule has 5 heteroatoms. The zero-order chi connectivity index (χ0) is 15.5. The zero-order valence-electron chi connectivity index (χ0n) is 12.6. The lowest BCUT2D eigenvalue weighted by Crippen LogP contribution is -2.49. The van der Waals surface area contributed by atoms with Crippen molar-refractivity contribution in [3.63, 3.8) is 0 Å². The van der Waals surface area contributed by atoms with Crippen LogP contribution in [0, 0.1) is 17.6 Å². The van der Waals surface area contributed by atoms with Gasteiger partial charge in [0.25, 0.3) is 0 Å². The Kier molecular flexibility index (Phi) is 4.71. The van der Waals surface area contributed by atoms with E-state index in [2.05, 4.69) is 4.90 Å². The maximum absolute atomic E-state index is 13.6. The van der Waals surface area contributed by atoms with Crippen LogP contribution in [0.3, 0.4) is 0 Å². The van der Waals surface area contributed by atoms with Crippen molar-refractivity contribution in [2.45, 2.75) is 38.1 Å². The minimum atomic E-state index is -0.868. The molecule has 22 heavy (non-hydrogen) atoms. The third-order valence-corrected chi connectivity index (χ3v) is 4.81. The van der Waals surface area contributed by atoms with Crippen molar-refractivity contribution in [1.82, 2.24) is 4.90 Å². The van der Waals surface area contributed by atoms with Crippen molar-refractivity contribution in [3.05, 3.63) is 35.4 Å². The maximum Gasteiger partial charge on any atom is 0.341 e. The number of hydrogen-bond acceptors (Lipinski definition) is 3. The molecular weight excluding hydrogens is 288 g/mol. The SMILES string of the molecule is O=C(OC[C@H]1CCCN2CCCC[C@@H]12)c1ccc(F)cc1F. The first-order valence-corrected chi connectivity index (χ1v) is 8.01. The molecule has 0 radical (unpaired) electrons. The zero-order valence-corrected chi connectivity index (χ0v) is 12.6. The van der Waals surface area contributed by atoms with Crippen LogP contribution in [-0.4, -0.2) is 36.6 Å². The molecule has 0 amide bonds. The second kappa shape index (κ2) is 6.73. The summed E-state index contributed by atoms with van der Waals surface area (Å²) in [6, 6.07) is 3.40. The van der Waals surface area contributed by atoms with Crippen molar-refractivity contribution < 1.29 is 18.3 Å². The first kappa shape index (κ1) is 15.4. The standard InChI is InChI=1S/C17H21F2NO2/c18-13-6-7-14(15(19)10-13)17(21)22-11-12-4-3-9-20-8-2-1-5-16(12)20/h6-7,10,12,16H,1-5,8-9,11H2/t12-,16+/m1/s1. The third kappa shape index (κ3) is 3.29. The number of esters is 1. The summed E-state index contributed by atoms with van der Waals surface area (Å²) in [6.45, 7) is 2.57. The van der Waals surface area contributed by atoms with E-state index in [0.29, 0.717) is 24.6 Å². The molecule has 120 valence electrons. The topological polar surface area (TPSA) is 29.5 Å². The molecule has 0 spiro atoms. The Hall–Kier alpha value is -1.49. The van der Waals surface area contributed by atoms with Crippen LogP contribution in [0.15, 0.2) is 18.2 Å². The molecule has 2 atom stereocenters. The molecule has 1 aromatic rings. The Balaban J connectivity index is 1.60. The van der Waals surface area contributed by atoms with Crippen molar-refractivity contribution in [2.24, 2.45) is 5.92 Å². The van der Waals surface area contributed by atoms with Crippen LogP contribution >= 0.6 is 0 Å². The van der Waals surface area contributed by atoms with Gasteiger partial charge in [-0.3, -0.25) is 4.90 Å². The summed E-state index contributed by atoms with van der Waals surface area (Å²) < 4.78 is 31.8. The molecule has 2 aliphatic heterocycles. The second-order valence-corrected chi connectivity index (χ2v) is 6.22. The van der Waals surface area contributed by atoms with E-state index in [9.17, 15) is 13.6 Å². The van der Waals surface area contributed by atoms with Crippen LogP contribution in [0.4, 0.5) is 8.78 Å². The summed E-state index contributed by atoms with van der Waals surface area (Å²) in [5.41, 5.74) is -0.197. The van der Waals surface area contributed by atoms with Crippen LogP contribution in [0.5, 0.6) is 0 Å². The van der Waals surface area contributed by atoms with Gasteiger partial charge in [-0.15, -0.1) is 0 Å². The smallest absolute Gasteiger partial charge is 0.341 e. The summed E-state index contributed by atoms with van der Waals surface area (Å²) in [4.78, 5) is 14.5. The quantitative estimate of drug-likeness (QED) is 0.802. The number of rotatable bonds is 3. The van der Waals surface area contributed by atoms with Gasteiger partial charge in [0.2, 0.25) is 0 Å². The lowest BCUT2D eigenvalue weighted by atomic mass is 9.84. The van der Waals surface area contributed by atoms with Crippen molar-refractivity contribution in [2.75, 3.05) is 19.7 Å². The van der Waals surface area contributed by atoms with Gasteiger partial charge in [-0.2, -0.15) is 0 Å². The number of carbonyl (C=O) groups is 1. The number of halogens is 2. The van der Waals surface area contributed by atoms with Gasteiger partial charge < -0.3 is 4.74 Å². The van der Waals surface area contributed by atoms with E-state index in [1.54, 1.807) is 0 Å². The number of nitrogens with zero attached hydrogens (tertiary/aromatic N) is 1. The average Bonchev–Trinajstić information content (AvgIpc) is 2.52. The molecule has 0 aliphatic carbocycles. The predicted molar refractivity (Wildman–Crippen MR) is 78.6 cm³/mol. The Morgan fingerprint density at radius 2 is 2.00 bits per heavy atom. The number of ether oxygens (including phenoxy) is 1. The van der Waals surface area contributed by atoms with Crippen LogP contribution in [0.25, 0.3) is 0 Å². The lowest BCUT2D eigenvalue weighted by Gasteiger charge is -2.44. The molecule has 2 saturated heterocycles. The van der Waals surface area contributed by atoms with E-state index in [1.807, 2.05) is 0 Å². The van der Waals surface area contributed by atoms with Gasteiger partial charge in [0.1, 0.15) is 11.6 Å². The molecular formula is C17H21F2NO2. The highest BCUT2D eigenvalue weighted by Gasteiger charge is 2.33. The number of fused-ring (bicyclic) bond motifs is 1. The molecule has 1 aromatic carbocycles. The van der Waals surface area contributed by atoms with E-state index in [1.165, 1.54) is 12.8 Å². The molecule has 0 unspecified atom stereocenters. The van der Waals surface area contributed by atoms with Crippen LogP contribution in [0.2, 0.25) is 0 Å². The van der Waals surface area contributed by atoms with E-state index < -0.39 is 17.6 Å². The van der Waals surface area contributed by atoms with Gasteiger partial charge in [0.05, 0.1) is 12.2 Å². The fourth-order valence-corrected chi connectivity index (χ4v) is 3.69. The predicted octanol–water partition coefficient (Wildman–Crippen LogP) is 3.39. The Labute approximate surface area is 129 Å². The van der Waals surface area contributed by atoms with Crippen molar-refractivity contribution in [3.8, 4) is 0 Å². The van der Waals surface area contributed by atoms with Gasteiger partial charge in [-0.1, -0.05) is 6.42 Å². The molecule has 0 N–H and O–H groups in total. The molecule has 2 aliphatic rings. The normalized spacial score (nSPS) is 25.5. The number of hydrogen-bond donors (Lipinski definition) is 0. The first-order valence-electron chi connectivity index (χ1n) is 8.01. The van der Waals surface area contributed by atoms with Gasteiger partial charge >= 0.3 is 5.97 Å². The summed E-state index contributed by atoms with van der Waals surface area (Å²) in [7, 11) is 0. The molecule has 0 bridgehead atoms. The highest BCUT2D eigenvalue weighted by Crippen LogP contribution is 2.31. The minimum absolute atomic E-state index is 0.197. The summed E-state index contributed by atoms with van der Waals surface area (Å²) in [6.07, 6.45) is 5.76. The van der Waals surface area contributed by atoms with Crippen LogP contribution < -0.4 is 0 Å². The molecule has 0 saturated carbocycles. The van der Waals surface area contributed by atoms with E-state index in [4.69, 9.17) is 4.74 Å². The highest BCUT2D eigenvalue weighted by atomic mass is 19.1. The molecule has 2 fully saturated rings. The lowest BCUT2D eigenvalue weighted by molar-refractivity contribution is 0.00711. The largest absolute Gasteiger partial charge is 0.462 e.